The molecule has 0 unspecified atom stereocenters. The number of rotatable bonds is 10. The number of aliphatic imine (C=N–C) groups is 1. The molecule has 1 aromatic rings. The predicted molar refractivity (Wildman–Crippen MR) is 117 cm³/mol. The molecule has 2 N–H and O–H groups in total. The summed E-state index contributed by atoms with van der Waals surface area (Å²) in [5.41, 5.74) is 1.19. The Labute approximate surface area is 175 Å². The normalized spacial score (nSPS) is 18.2. The third kappa shape index (κ3) is 7.82. The second kappa shape index (κ2) is 12.6. The van der Waals surface area contributed by atoms with Gasteiger partial charge in [0, 0.05) is 58.8 Å². The molecule has 3 heterocycles. The zero-order valence-electron chi connectivity index (χ0n) is 17.9. The lowest BCUT2D eigenvalue weighted by molar-refractivity contribution is 0.0203. The van der Waals surface area contributed by atoms with Crippen molar-refractivity contribution in [2.75, 3.05) is 57.5 Å². The summed E-state index contributed by atoms with van der Waals surface area (Å²) in [6, 6.07) is 4.22. The van der Waals surface area contributed by atoms with Crippen LogP contribution in [0, 0.1) is 5.92 Å². The maximum absolute atomic E-state index is 5.84. The molecule has 7 nitrogen and oxygen atoms in total. The minimum atomic E-state index is 0.652. The van der Waals surface area contributed by atoms with Gasteiger partial charge in [0.25, 0.3) is 0 Å². The Balaban J connectivity index is 1.37. The molecule has 0 aliphatic carbocycles. The summed E-state index contributed by atoms with van der Waals surface area (Å²) in [5.74, 6) is 2.60. The fourth-order valence-corrected chi connectivity index (χ4v) is 3.73. The van der Waals surface area contributed by atoms with Gasteiger partial charge >= 0.3 is 0 Å². The van der Waals surface area contributed by atoms with Crippen LogP contribution in [0.25, 0.3) is 0 Å². The number of nitrogens with zero attached hydrogens (tertiary/aromatic N) is 3. The first-order valence-corrected chi connectivity index (χ1v) is 11.2. The highest BCUT2D eigenvalue weighted by Crippen LogP contribution is 2.18. The molecule has 29 heavy (non-hydrogen) atoms. The Kier molecular flexibility index (Phi) is 9.53. The van der Waals surface area contributed by atoms with Crippen LogP contribution < -0.4 is 15.5 Å². The van der Waals surface area contributed by atoms with Gasteiger partial charge in [0.2, 0.25) is 0 Å². The average Bonchev–Trinajstić information content (AvgIpc) is 3.30. The van der Waals surface area contributed by atoms with E-state index in [-0.39, 0.29) is 0 Å². The molecule has 2 saturated heterocycles. The molecule has 7 heteroatoms. The van der Waals surface area contributed by atoms with Gasteiger partial charge in [-0.15, -0.1) is 0 Å². The van der Waals surface area contributed by atoms with Crippen molar-refractivity contribution in [3.8, 4) is 0 Å². The SMILES string of the molecule is CCNC(=NCc1ccnc(N2CCCC2)c1)NCCCOCC1CCOCC1. The highest BCUT2D eigenvalue weighted by molar-refractivity contribution is 5.79. The van der Waals surface area contributed by atoms with E-state index in [1.54, 1.807) is 0 Å². The van der Waals surface area contributed by atoms with Gasteiger partial charge in [-0.25, -0.2) is 9.98 Å². The quantitative estimate of drug-likeness (QED) is 0.355. The molecule has 1 aromatic heterocycles. The number of nitrogens with one attached hydrogen (secondary N) is 2. The summed E-state index contributed by atoms with van der Waals surface area (Å²) in [6.45, 7) is 10.1. The van der Waals surface area contributed by atoms with E-state index in [0.717, 1.165) is 83.6 Å². The van der Waals surface area contributed by atoms with Crippen molar-refractivity contribution in [1.82, 2.24) is 15.6 Å². The van der Waals surface area contributed by atoms with Crippen LogP contribution in [0.2, 0.25) is 0 Å². The summed E-state index contributed by atoms with van der Waals surface area (Å²) in [4.78, 5) is 11.6. The summed E-state index contributed by atoms with van der Waals surface area (Å²) in [7, 11) is 0. The Morgan fingerprint density at radius 3 is 2.90 bits per heavy atom. The van der Waals surface area contributed by atoms with Crippen LogP contribution in [0.4, 0.5) is 5.82 Å². The largest absolute Gasteiger partial charge is 0.381 e. The maximum Gasteiger partial charge on any atom is 0.191 e. The molecule has 2 aliphatic heterocycles. The van der Waals surface area contributed by atoms with E-state index >= 15 is 0 Å². The van der Waals surface area contributed by atoms with E-state index < -0.39 is 0 Å². The molecule has 0 bridgehead atoms. The van der Waals surface area contributed by atoms with E-state index in [2.05, 4.69) is 39.6 Å². The zero-order chi connectivity index (χ0) is 20.2. The lowest BCUT2D eigenvalue weighted by Gasteiger charge is -2.21. The Morgan fingerprint density at radius 1 is 1.28 bits per heavy atom. The molecule has 162 valence electrons. The fraction of sp³-hybridized carbons (Fsp3) is 0.727. The summed E-state index contributed by atoms with van der Waals surface area (Å²) in [6.07, 6.45) is 7.65. The van der Waals surface area contributed by atoms with Crippen LogP contribution in [0.15, 0.2) is 23.3 Å². The molecular weight excluding hydrogens is 366 g/mol. The van der Waals surface area contributed by atoms with Crippen LogP contribution in [0.3, 0.4) is 0 Å². The Morgan fingerprint density at radius 2 is 2.10 bits per heavy atom. The van der Waals surface area contributed by atoms with Crippen LogP contribution in [-0.2, 0) is 16.0 Å². The third-order valence-electron chi connectivity index (χ3n) is 5.46. The smallest absolute Gasteiger partial charge is 0.191 e. The highest BCUT2D eigenvalue weighted by atomic mass is 16.5. The number of pyridine rings is 1. The topological polar surface area (TPSA) is 71.0 Å². The van der Waals surface area contributed by atoms with E-state index in [4.69, 9.17) is 14.5 Å². The number of anilines is 1. The molecule has 2 aliphatic rings. The molecule has 0 atom stereocenters. The summed E-state index contributed by atoms with van der Waals surface area (Å²) < 4.78 is 11.2. The van der Waals surface area contributed by atoms with Gasteiger partial charge in [-0.2, -0.15) is 0 Å². The molecule has 0 spiro atoms. The standard InChI is InChI=1S/C22H37N5O2/c1-2-23-22(25-9-5-13-29-18-19-7-14-28-15-8-19)26-17-20-6-10-24-21(16-20)27-11-3-4-12-27/h6,10,16,19H,2-5,7-9,11-15,17-18H2,1H3,(H2,23,25,26). The van der Waals surface area contributed by atoms with Crippen molar-refractivity contribution >= 4 is 11.8 Å². The molecule has 0 aromatic carbocycles. The Hall–Kier alpha value is -1.86. The first kappa shape index (κ1) is 21.8. The van der Waals surface area contributed by atoms with Crippen molar-refractivity contribution in [3.63, 3.8) is 0 Å². The maximum atomic E-state index is 5.84. The predicted octanol–water partition coefficient (Wildman–Crippen LogP) is 2.57. The lowest BCUT2D eigenvalue weighted by Crippen LogP contribution is -2.38. The second-order valence-electron chi connectivity index (χ2n) is 7.82. The van der Waals surface area contributed by atoms with Gasteiger partial charge < -0.3 is 25.0 Å². The van der Waals surface area contributed by atoms with Crippen LogP contribution >= 0.6 is 0 Å². The molecule has 2 fully saturated rings. The Bertz CT molecular complexity index is 613. The van der Waals surface area contributed by atoms with E-state index in [1.807, 2.05) is 6.20 Å². The van der Waals surface area contributed by atoms with Crippen molar-refractivity contribution in [2.45, 2.75) is 45.6 Å². The van der Waals surface area contributed by atoms with Crippen LogP contribution in [0.1, 0.15) is 44.6 Å². The van der Waals surface area contributed by atoms with Gasteiger partial charge in [-0.3, -0.25) is 0 Å². The zero-order valence-corrected chi connectivity index (χ0v) is 17.9. The van der Waals surface area contributed by atoms with Crippen LogP contribution in [0.5, 0.6) is 0 Å². The first-order valence-electron chi connectivity index (χ1n) is 11.2. The van der Waals surface area contributed by atoms with E-state index in [0.29, 0.717) is 12.5 Å². The number of aromatic nitrogens is 1. The molecule has 0 amide bonds. The lowest BCUT2D eigenvalue weighted by atomic mass is 10.0. The minimum Gasteiger partial charge on any atom is -0.381 e. The number of guanidine groups is 1. The number of hydrogen-bond donors (Lipinski definition) is 2. The van der Waals surface area contributed by atoms with Crippen molar-refractivity contribution in [3.05, 3.63) is 23.9 Å². The van der Waals surface area contributed by atoms with E-state index in [1.165, 1.54) is 18.4 Å². The van der Waals surface area contributed by atoms with Gasteiger partial charge in [-0.05, 0) is 62.6 Å². The number of hydrogen-bond acceptors (Lipinski definition) is 5. The molecule has 0 radical (unpaired) electrons. The van der Waals surface area contributed by atoms with Gasteiger partial charge in [0.1, 0.15) is 5.82 Å². The molecular formula is C22H37N5O2. The fourth-order valence-electron chi connectivity index (χ4n) is 3.73. The molecule has 3 rings (SSSR count). The monoisotopic (exact) mass is 403 g/mol. The van der Waals surface area contributed by atoms with Crippen molar-refractivity contribution in [2.24, 2.45) is 10.9 Å². The van der Waals surface area contributed by atoms with Gasteiger partial charge in [-0.1, -0.05) is 0 Å². The van der Waals surface area contributed by atoms with Gasteiger partial charge in [0.15, 0.2) is 5.96 Å². The summed E-state index contributed by atoms with van der Waals surface area (Å²) >= 11 is 0. The average molecular weight is 404 g/mol. The number of ether oxygens (including phenoxy) is 2. The minimum absolute atomic E-state index is 0.652. The second-order valence-corrected chi connectivity index (χ2v) is 7.82. The van der Waals surface area contributed by atoms with Gasteiger partial charge in [0.05, 0.1) is 6.54 Å². The van der Waals surface area contributed by atoms with Crippen molar-refractivity contribution in [1.29, 1.82) is 0 Å². The summed E-state index contributed by atoms with van der Waals surface area (Å²) in [5, 5.41) is 6.74. The van der Waals surface area contributed by atoms with Crippen LogP contribution in [-0.4, -0.2) is 63.6 Å². The molecule has 0 saturated carbocycles. The third-order valence-corrected chi connectivity index (χ3v) is 5.46. The highest BCUT2D eigenvalue weighted by Gasteiger charge is 2.14. The van der Waals surface area contributed by atoms with Crippen molar-refractivity contribution < 1.29 is 9.47 Å². The van der Waals surface area contributed by atoms with E-state index in [9.17, 15) is 0 Å². The first-order chi connectivity index (χ1) is 14.3.